The van der Waals surface area contributed by atoms with Crippen molar-refractivity contribution in [1.82, 2.24) is 10.4 Å². The van der Waals surface area contributed by atoms with Gasteiger partial charge in [-0.25, -0.2) is 13.9 Å². The van der Waals surface area contributed by atoms with Crippen LogP contribution in [0.5, 0.6) is 0 Å². The van der Waals surface area contributed by atoms with Crippen molar-refractivity contribution < 1.29 is 18.4 Å². The number of benzene rings is 1. The summed E-state index contributed by atoms with van der Waals surface area (Å²) in [7, 11) is -3.67. The molecule has 0 aliphatic carbocycles. The van der Waals surface area contributed by atoms with E-state index in [0.29, 0.717) is 30.9 Å². The Kier molecular flexibility index (Phi) is 7.35. The van der Waals surface area contributed by atoms with Crippen molar-refractivity contribution in [2.45, 2.75) is 37.5 Å². The molecule has 1 aliphatic heterocycles. The van der Waals surface area contributed by atoms with E-state index in [0.717, 1.165) is 16.9 Å². The van der Waals surface area contributed by atoms with Crippen LogP contribution in [-0.2, 0) is 32.3 Å². The summed E-state index contributed by atoms with van der Waals surface area (Å²) >= 11 is 3.07. The molecule has 3 aromatic rings. The summed E-state index contributed by atoms with van der Waals surface area (Å²) in [5.41, 5.74) is 3.92. The van der Waals surface area contributed by atoms with E-state index in [2.05, 4.69) is 24.0 Å². The molecule has 2 aromatic heterocycles. The molecule has 0 unspecified atom stereocenters. The van der Waals surface area contributed by atoms with Gasteiger partial charge in [0.05, 0.1) is 12.2 Å². The molecule has 9 heteroatoms. The summed E-state index contributed by atoms with van der Waals surface area (Å²) in [5.74, 6) is -0.720. The fourth-order valence-electron chi connectivity index (χ4n) is 4.34. The zero-order valence-corrected chi connectivity index (χ0v) is 20.9. The maximum Gasteiger partial charge on any atom is 0.245 e. The first-order chi connectivity index (χ1) is 15.9. The lowest BCUT2D eigenvalue weighted by atomic mass is 9.97. The Balaban J connectivity index is 1.69. The van der Waals surface area contributed by atoms with Gasteiger partial charge in [-0.2, -0.15) is 0 Å². The maximum atomic E-state index is 13.7. The van der Waals surface area contributed by atoms with E-state index in [-0.39, 0.29) is 12.2 Å². The van der Waals surface area contributed by atoms with Crippen molar-refractivity contribution in [3.8, 4) is 10.4 Å². The highest BCUT2D eigenvalue weighted by Gasteiger charge is 2.49. The summed E-state index contributed by atoms with van der Waals surface area (Å²) < 4.78 is 26.0. The molecule has 0 spiro atoms. The average Bonchev–Trinajstić information content (AvgIpc) is 3.50. The van der Waals surface area contributed by atoms with Crippen LogP contribution in [0.4, 0.5) is 0 Å². The number of hydrogen-bond acceptors (Lipinski definition) is 7. The van der Waals surface area contributed by atoms with Crippen molar-refractivity contribution in [2.24, 2.45) is 0 Å². The summed E-state index contributed by atoms with van der Waals surface area (Å²) in [6, 6.07) is 16.1. The van der Waals surface area contributed by atoms with Crippen molar-refractivity contribution in [3.05, 3.63) is 69.2 Å². The van der Waals surface area contributed by atoms with Gasteiger partial charge in [0.25, 0.3) is 0 Å². The minimum Gasteiger partial charge on any atom is -0.297 e. The molecule has 33 heavy (non-hydrogen) atoms. The lowest BCUT2D eigenvalue weighted by Crippen LogP contribution is -2.41. The molecule has 0 radical (unpaired) electrons. The first-order valence-corrected chi connectivity index (χ1v) is 14.3. The van der Waals surface area contributed by atoms with Gasteiger partial charge in [-0.1, -0.05) is 37.3 Å². The van der Waals surface area contributed by atoms with Crippen LogP contribution in [0.15, 0.2) is 53.9 Å². The van der Waals surface area contributed by atoms with Crippen LogP contribution in [0.2, 0.25) is 0 Å². The van der Waals surface area contributed by atoms with Crippen LogP contribution >= 0.6 is 22.7 Å². The molecule has 4 rings (SSSR count). The Bertz CT molecular complexity index is 1190. The second-order valence-electron chi connectivity index (χ2n) is 8.34. The van der Waals surface area contributed by atoms with Crippen molar-refractivity contribution >= 4 is 38.4 Å². The second-order valence-corrected chi connectivity index (χ2v) is 12.9. The van der Waals surface area contributed by atoms with E-state index in [9.17, 15) is 18.4 Å². The van der Waals surface area contributed by atoms with Crippen LogP contribution < -0.4 is 5.48 Å². The van der Waals surface area contributed by atoms with E-state index in [1.807, 2.05) is 41.8 Å². The van der Waals surface area contributed by atoms with Crippen LogP contribution in [0.3, 0.4) is 0 Å². The quantitative estimate of drug-likeness (QED) is 0.367. The summed E-state index contributed by atoms with van der Waals surface area (Å²) in [4.78, 5) is 17.2. The fourth-order valence-corrected chi connectivity index (χ4v) is 8.73. The Morgan fingerprint density at radius 1 is 1.15 bits per heavy atom. The molecule has 6 nitrogen and oxygen atoms in total. The lowest BCUT2D eigenvalue weighted by molar-refractivity contribution is -0.130. The topological polar surface area (TPSA) is 86.7 Å². The number of nitrogens with one attached hydrogen (secondary N) is 1. The van der Waals surface area contributed by atoms with Gasteiger partial charge in [0.2, 0.25) is 5.91 Å². The number of amides is 1. The smallest absolute Gasteiger partial charge is 0.245 e. The molecule has 176 valence electrons. The van der Waals surface area contributed by atoms with Gasteiger partial charge in [0.15, 0.2) is 9.84 Å². The molecular formula is C24H28N2O4S3. The van der Waals surface area contributed by atoms with Gasteiger partial charge >= 0.3 is 0 Å². The third-order valence-corrected chi connectivity index (χ3v) is 11.1. The Labute approximate surface area is 202 Å². The second kappa shape index (κ2) is 10.1. The van der Waals surface area contributed by atoms with E-state index in [4.69, 9.17) is 0 Å². The van der Waals surface area contributed by atoms with Crippen LogP contribution in [0.25, 0.3) is 10.4 Å². The third-order valence-electron chi connectivity index (χ3n) is 6.34. The first kappa shape index (κ1) is 24.1. The number of nitrogens with zero attached hydrogens (tertiary/aromatic N) is 1. The Morgan fingerprint density at radius 2 is 1.94 bits per heavy atom. The zero-order chi connectivity index (χ0) is 23.5. The minimum atomic E-state index is -3.67. The predicted octanol–water partition coefficient (Wildman–Crippen LogP) is 4.45. The molecule has 0 bridgehead atoms. The minimum absolute atomic E-state index is 0.0322. The number of carbonyl (C=O) groups excluding carboxylic acids is 1. The number of carbonyl (C=O) groups is 1. The summed E-state index contributed by atoms with van der Waals surface area (Å²) in [5, 5.41) is 11.2. The normalized spacial score (nSPS) is 20.9. The van der Waals surface area contributed by atoms with E-state index in [1.54, 1.807) is 16.8 Å². The number of hydroxylamine groups is 1. The molecule has 3 heterocycles. The van der Waals surface area contributed by atoms with Gasteiger partial charge in [-0.3, -0.25) is 14.9 Å². The Morgan fingerprint density at radius 3 is 2.61 bits per heavy atom. The number of aryl methyl sites for hydroxylation is 1. The molecule has 1 atom stereocenters. The monoisotopic (exact) mass is 504 g/mol. The highest BCUT2D eigenvalue weighted by atomic mass is 32.2. The van der Waals surface area contributed by atoms with Crippen molar-refractivity contribution in [2.75, 3.05) is 18.8 Å². The molecule has 1 saturated heterocycles. The summed E-state index contributed by atoms with van der Waals surface area (Å²) in [6.45, 7) is 3.76. The molecule has 1 aromatic carbocycles. The van der Waals surface area contributed by atoms with Gasteiger partial charge in [0, 0.05) is 34.3 Å². The van der Waals surface area contributed by atoms with E-state index >= 15 is 0 Å². The van der Waals surface area contributed by atoms with Gasteiger partial charge in [-0.05, 0) is 47.5 Å². The van der Waals surface area contributed by atoms with Gasteiger partial charge in [-0.15, -0.1) is 22.7 Å². The largest absolute Gasteiger partial charge is 0.297 e. The fraction of sp³-hybridized carbons (Fsp3) is 0.375. The Hall–Kier alpha value is -2.04. The predicted molar refractivity (Wildman–Crippen MR) is 133 cm³/mol. The molecule has 2 N–H and O–H groups in total. The molecule has 0 saturated carbocycles. The van der Waals surface area contributed by atoms with Crippen LogP contribution in [0, 0.1) is 0 Å². The number of rotatable bonds is 7. The van der Waals surface area contributed by atoms with Crippen LogP contribution in [-0.4, -0.2) is 43.3 Å². The third kappa shape index (κ3) is 5.07. The number of thiophene rings is 2. The molecule has 1 fully saturated rings. The molecule has 1 amide bonds. The lowest BCUT2D eigenvalue weighted by Gasteiger charge is -2.30. The van der Waals surface area contributed by atoms with Gasteiger partial charge < -0.3 is 0 Å². The van der Waals surface area contributed by atoms with E-state index in [1.165, 1.54) is 21.8 Å². The highest BCUT2D eigenvalue weighted by molar-refractivity contribution is 7.92. The standard InChI is InChI=1S/C24H28N2O4S3/c1-2-18-5-7-19(8-6-18)21-9-10-22(32-21)24(16-23(27)25-28)11-12-26(13-15-33(24,29)30)17-20-4-3-14-31-20/h3-10,14,28H,2,11-13,15-17H2,1H3,(H,25,27)/t24-/m0/s1. The zero-order valence-electron chi connectivity index (χ0n) is 18.5. The SMILES string of the molecule is CCc1ccc(-c2ccc([C@@]3(CC(=O)NO)CCN(Cc4cccs4)CCS3(=O)=O)s2)cc1. The van der Waals surface area contributed by atoms with Crippen molar-refractivity contribution in [3.63, 3.8) is 0 Å². The molecule has 1 aliphatic rings. The average molecular weight is 505 g/mol. The van der Waals surface area contributed by atoms with Gasteiger partial charge in [0.1, 0.15) is 4.75 Å². The highest BCUT2D eigenvalue weighted by Crippen LogP contribution is 2.45. The maximum absolute atomic E-state index is 13.7. The first-order valence-electron chi connectivity index (χ1n) is 11.0. The molecular weight excluding hydrogens is 476 g/mol. The number of sulfone groups is 1. The van der Waals surface area contributed by atoms with Crippen molar-refractivity contribution in [1.29, 1.82) is 0 Å². The van der Waals surface area contributed by atoms with E-state index < -0.39 is 20.5 Å². The summed E-state index contributed by atoms with van der Waals surface area (Å²) in [6.07, 6.45) is 0.950. The number of hydrogen-bond donors (Lipinski definition) is 2. The van der Waals surface area contributed by atoms with Crippen LogP contribution in [0.1, 0.15) is 35.1 Å².